The van der Waals surface area contributed by atoms with Crippen LogP contribution in [0.1, 0.15) is 5.56 Å². The van der Waals surface area contributed by atoms with Crippen molar-refractivity contribution < 1.29 is 48.1 Å². The smallest absolute Gasteiger partial charge is 0.0809 e. The Bertz CT molecular complexity index is 2050. The van der Waals surface area contributed by atoms with Crippen LogP contribution < -0.4 is 35.2 Å². The Hall–Kier alpha value is -3.59. The number of fused-ring (bicyclic) bond motifs is 3. The third kappa shape index (κ3) is 8.57. The van der Waals surface area contributed by atoms with Crippen molar-refractivity contribution in [1.29, 1.82) is 0 Å². The molecule has 1 aromatic heterocycles. The van der Waals surface area contributed by atoms with Gasteiger partial charge in [0.05, 0.1) is 5.52 Å². The molecule has 7 aromatic carbocycles. The van der Waals surface area contributed by atoms with Crippen LogP contribution in [0.3, 0.4) is 0 Å². The normalized spacial score (nSPS) is 10.1. The predicted octanol–water partition coefficient (Wildman–Crippen LogP) is 2.99. The monoisotopic (exact) mass is 713 g/mol. The van der Waals surface area contributed by atoms with Gasteiger partial charge in [0.1, 0.15) is 0 Å². The molecule has 0 radical (unpaired) electrons. The van der Waals surface area contributed by atoms with Crippen LogP contribution in [-0.2, 0) is 23.3 Å². The fourth-order valence-corrected chi connectivity index (χ4v) is 9.14. The van der Waals surface area contributed by atoms with Crippen LogP contribution in [0, 0.1) is 6.92 Å². The van der Waals surface area contributed by atoms with Gasteiger partial charge in [0.2, 0.25) is 0 Å². The van der Waals surface area contributed by atoms with Crippen molar-refractivity contribution in [2.24, 2.45) is 0 Å². The molecule has 0 fully saturated rings. The summed E-state index contributed by atoms with van der Waals surface area (Å²) in [6.07, 6.45) is 1.97. The Morgan fingerprint density at radius 3 is 1.89 bits per heavy atom. The molecule has 0 aliphatic heterocycles. The number of halogens is 2. The molecule has 1 nitrogen and oxygen atoms in total. The van der Waals surface area contributed by atoms with Crippen molar-refractivity contribution >= 4 is 48.3 Å². The van der Waals surface area contributed by atoms with Crippen molar-refractivity contribution in [2.45, 2.75) is 6.92 Å². The molecule has 0 aliphatic carbocycles. The van der Waals surface area contributed by atoms with Gasteiger partial charge >= 0.3 is 99.8 Å². The number of para-hydroxylation sites is 1. The first kappa shape index (κ1) is 34.3. The van der Waals surface area contributed by atoms with Crippen molar-refractivity contribution in [3.63, 3.8) is 0 Å². The molecule has 0 amide bonds. The number of nitrogens with zero attached hydrogens (tertiary/aromatic N) is 1. The maximum absolute atomic E-state index is 4.57. The molecule has 45 heavy (non-hydrogen) atoms. The molecule has 1 heterocycles. The van der Waals surface area contributed by atoms with Gasteiger partial charge in [0.15, 0.2) is 0 Å². The van der Waals surface area contributed by atoms with E-state index in [0.717, 1.165) is 5.52 Å². The second-order valence-electron chi connectivity index (χ2n) is 10.5. The van der Waals surface area contributed by atoms with E-state index in [0.29, 0.717) is 0 Å². The van der Waals surface area contributed by atoms with E-state index in [-0.39, 0.29) is 24.8 Å². The van der Waals surface area contributed by atoms with Crippen LogP contribution in [-0.4, -0.2) is 10.4 Å². The number of aromatic nitrogens is 1. The van der Waals surface area contributed by atoms with Crippen LogP contribution in [0.5, 0.6) is 0 Å². The number of benzene rings is 5. The summed E-state index contributed by atoms with van der Waals surface area (Å²) in [5, 5.41) is 9.49. The number of pyridine rings is 1. The van der Waals surface area contributed by atoms with Gasteiger partial charge in [-0.3, -0.25) is 4.98 Å². The Morgan fingerprint density at radius 1 is 0.600 bits per heavy atom. The van der Waals surface area contributed by atoms with Crippen LogP contribution in [0.4, 0.5) is 0 Å². The summed E-state index contributed by atoms with van der Waals surface area (Å²) in [4.78, 5) is 4.57. The molecule has 5 heteroatoms. The van der Waals surface area contributed by atoms with Gasteiger partial charge in [0.25, 0.3) is 0 Å². The van der Waals surface area contributed by atoms with Gasteiger partial charge in [-0.2, -0.15) is 23.6 Å². The minimum Gasteiger partial charge on any atom is -0.168 e. The molecule has 0 unspecified atom stereocenters. The van der Waals surface area contributed by atoms with E-state index < -0.39 is 5.43 Å². The molecule has 0 atom stereocenters. The molecule has 0 spiro atoms. The summed E-state index contributed by atoms with van der Waals surface area (Å²) in [6, 6.07) is 57.8. The topological polar surface area (TPSA) is 12.9 Å². The summed E-state index contributed by atoms with van der Waals surface area (Å²) in [5.74, 6) is 0. The van der Waals surface area contributed by atoms with Crippen LogP contribution >= 0.6 is 0 Å². The Morgan fingerprint density at radius 2 is 1.20 bits per heavy atom. The molecule has 8 aromatic rings. The molecule has 0 aliphatic rings. The SMILES string of the molecule is Cc1cc2c(-c3cnc4ccccc4c3)cccc2[cH-]1.[Cl-].[Cl-].[Zr+2]=[Si](c1ccccc1)c1ccccc1.c1ccc2[cH-]ccc2c1. The molecular formula is C40H31Cl2NSiZr-2. The number of hydrogen-bond acceptors (Lipinski definition) is 1. The Balaban J connectivity index is 0.000000161. The van der Waals surface area contributed by atoms with E-state index >= 15 is 0 Å². The summed E-state index contributed by atoms with van der Waals surface area (Å²) in [7, 11) is 0. The Kier molecular flexibility index (Phi) is 12.7. The van der Waals surface area contributed by atoms with E-state index in [1.165, 1.54) is 54.0 Å². The molecule has 8 rings (SSSR count). The van der Waals surface area contributed by atoms with E-state index in [2.05, 4.69) is 164 Å². The number of aryl methyl sites for hydroxylation is 1. The summed E-state index contributed by atoms with van der Waals surface area (Å²) >= 11 is 1.64. The van der Waals surface area contributed by atoms with Gasteiger partial charge < -0.3 is 24.8 Å². The van der Waals surface area contributed by atoms with E-state index in [4.69, 9.17) is 0 Å². The molecule has 0 N–H and O–H groups in total. The quantitative estimate of drug-likeness (QED) is 0.203. The molecule has 0 saturated heterocycles. The van der Waals surface area contributed by atoms with Crippen LogP contribution in [0.2, 0.25) is 0 Å². The summed E-state index contributed by atoms with van der Waals surface area (Å²) < 4.78 is 0. The summed E-state index contributed by atoms with van der Waals surface area (Å²) in [6.45, 7) is 2.14. The van der Waals surface area contributed by atoms with Crippen molar-refractivity contribution in [1.82, 2.24) is 4.98 Å². The fraction of sp³-hybridized carbons (Fsp3) is 0.0250. The van der Waals surface area contributed by atoms with Gasteiger partial charge in [-0.25, -0.2) is 0 Å². The molecule has 0 saturated carbocycles. The maximum atomic E-state index is 4.57. The van der Waals surface area contributed by atoms with Gasteiger partial charge in [-0.15, -0.1) is 64.2 Å². The minimum atomic E-state index is -0.455. The average molecular weight is 716 g/mol. The molecular weight excluding hydrogens is 685 g/mol. The third-order valence-corrected chi connectivity index (χ3v) is 13.5. The first-order valence-corrected chi connectivity index (χ1v) is 19.7. The minimum absolute atomic E-state index is 0. The first-order chi connectivity index (χ1) is 21.2. The van der Waals surface area contributed by atoms with Crippen molar-refractivity contribution in [3.05, 3.63) is 176 Å². The van der Waals surface area contributed by atoms with E-state index in [9.17, 15) is 0 Å². The van der Waals surface area contributed by atoms with E-state index in [1.54, 1.807) is 23.3 Å². The maximum Gasteiger partial charge on any atom is -0.0809 e. The molecule has 220 valence electrons. The van der Waals surface area contributed by atoms with Gasteiger partial charge in [0, 0.05) is 11.6 Å². The van der Waals surface area contributed by atoms with E-state index in [1.807, 2.05) is 18.3 Å². The zero-order valence-corrected chi connectivity index (χ0v) is 29.8. The second kappa shape index (κ2) is 16.6. The third-order valence-electron chi connectivity index (χ3n) is 7.47. The van der Waals surface area contributed by atoms with Crippen LogP contribution in [0.15, 0.2) is 170 Å². The Labute approximate surface area is 292 Å². The average Bonchev–Trinajstić information content (AvgIpc) is 3.71. The largest absolute Gasteiger partial charge is 0.168 e. The van der Waals surface area contributed by atoms with Crippen molar-refractivity contribution in [3.8, 4) is 11.1 Å². The van der Waals surface area contributed by atoms with Gasteiger partial charge in [-0.05, 0) is 17.7 Å². The second-order valence-corrected chi connectivity index (χ2v) is 16.1. The zero-order valence-electron chi connectivity index (χ0n) is 24.9. The van der Waals surface area contributed by atoms with Crippen LogP contribution in [0.25, 0.3) is 43.6 Å². The predicted molar refractivity (Wildman–Crippen MR) is 182 cm³/mol. The number of rotatable bonds is 3. The fourth-order valence-electron chi connectivity index (χ4n) is 5.30. The molecule has 0 bridgehead atoms. The first-order valence-electron chi connectivity index (χ1n) is 14.5. The summed E-state index contributed by atoms with van der Waals surface area (Å²) in [5.41, 5.74) is 4.33. The van der Waals surface area contributed by atoms with Gasteiger partial charge in [-0.1, -0.05) is 42.8 Å². The zero-order chi connectivity index (χ0) is 29.4. The number of hydrogen-bond donors (Lipinski definition) is 0. The standard InChI is InChI=1S/C19H14N.C12H10Si.C9H7.2ClH.Zr/c1-13-9-14-6-4-7-17(18(14)10-13)16-11-15-5-2-3-8-19(15)20-12-16;1-3-7-11(8-4-1)13-12-9-5-2-6-10-12;1-2-5-9-7-3-6-8(9)4-1;;;/h2-12H,1H3;1-10H;1-7H;2*1H;/q-1;;-1;;;+2/p-2. The van der Waals surface area contributed by atoms with Crippen molar-refractivity contribution in [2.75, 3.05) is 0 Å².